The molecule has 1 aliphatic rings. The summed E-state index contributed by atoms with van der Waals surface area (Å²) in [6.45, 7) is 2.17. The van der Waals surface area contributed by atoms with E-state index in [1.54, 1.807) is 7.11 Å². The summed E-state index contributed by atoms with van der Waals surface area (Å²) in [6, 6.07) is 14.8. The first-order chi connectivity index (χ1) is 10.3. The molecule has 21 heavy (non-hydrogen) atoms. The molecule has 0 aliphatic carbocycles. The van der Waals surface area contributed by atoms with E-state index in [-0.39, 0.29) is 6.04 Å². The van der Waals surface area contributed by atoms with Gasteiger partial charge < -0.3 is 15.2 Å². The quantitative estimate of drug-likeness (QED) is 0.917. The molecule has 1 unspecified atom stereocenters. The van der Waals surface area contributed by atoms with Crippen LogP contribution in [0.15, 0.2) is 42.5 Å². The average molecular weight is 283 g/mol. The van der Waals surface area contributed by atoms with Crippen LogP contribution in [0.25, 0.3) is 0 Å². The van der Waals surface area contributed by atoms with Crippen LogP contribution in [-0.4, -0.2) is 13.7 Å². The Morgan fingerprint density at radius 1 is 1.05 bits per heavy atom. The number of hydrogen-bond donors (Lipinski definition) is 1. The second kappa shape index (κ2) is 6.39. The summed E-state index contributed by atoms with van der Waals surface area (Å²) in [5.41, 5.74) is 12.5. The van der Waals surface area contributed by atoms with Crippen molar-refractivity contribution in [2.24, 2.45) is 5.73 Å². The molecule has 2 aromatic rings. The van der Waals surface area contributed by atoms with Gasteiger partial charge in [-0.25, -0.2) is 0 Å². The molecule has 3 rings (SSSR count). The van der Waals surface area contributed by atoms with Gasteiger partial charge in [0, 0.05) is 7.11 Å². The molecule has 0 spiro atoms. The van der Waals surface area contributed by atoms with E-state index in [2.05, 4.69) is 42.5 Å². The Bertz CT molecular complexity index is 607. The zero-order chi connectivity index (χ0) is 14.7. The van der Waals surface area contributed by atoms with Crippen LogP contribution in [0.4, 0.5) is 0 Å². The highest BCUT2D eigenvalue weighted by Crippen LogP contribution is 2.26. The first-order valence-electron chi connectivity index (χ1n) is 7.31. The smallest absolute Gasteiger partial charge is 0.0725 e. The van der Waals surface area contributed by atoms with Crippen molar-refractivity contribution in [3.63, 3.8) is 0 Å². The second-order valence-corrected chi connectivity index (χ2v) is 5.48. The maximum absolute atomic E-state index is 6.40. The summed E-state index contributed by atoms with van der Waals surface area (Å²) in [6.07, 6.45) is 0.933. The van der Waals surface area contributed by atoms with Crippen LogP contribution in [0.1, 0.15) is 33.9 Å². The molecule has 0 radical (unpaired) electrons. The van der Waals surface area contributed by atoms with Crippen LogP contribution in [0.2, 0.25) is 0 Å². The molecule has 3 heteroatoms. The first kappa shape index (κ1) is 14.3. The Labute approximate surface area is 125 Å². The third-order valence-electron chi connectivity index (χ3n) is 4.04. The van der Waals surface area contributed by atoms with Crippen molar-refractivity contribution in [2.45, 2.75) is 25.7 Å². The minimum absolute atomic E-state index is 0.0904. The molecule has 2 N–H and O–H groups in total. The van der Waals surface area contributed by atoms with E-state index in [1.165, 1.54) is 16.7 Å². The highest BCUT2D eigenvalue weighted by atomic mass is 16.5. The van der Waals surface area contributed by atoms with Gasteiger partial charge in [-0.1, -0.05) is 42.5 Å². The van der Waals surface area contributed by atoms with Gasteiger partial charge in [0.15, 0.2) is 0 Å². The lowest BCUT2D eigenvalue weighted by molar-refractivity contribution is 0.134. The molecule has 3 nitrogen and oxygen atoms in total. The van der Waals surface area contributed by atoms with Gasteiger partial charge in [-0.15, -0.1) is 0 Å². The van der Waals surface area contributed by atoms with Crippen molar-refractivity contribution >= 4 is 0 Å². The van der Waals surface area contributed by atoms with Crippen molar-refractivity contribution in [1.29, 1.82) is 0 Å². The highest BCUT2D eigenvalue weighted by molar-refractivity contribution is 5.39. The van der Waals surface area contributed by atoms with Crippen molar-refractivity contribution in [3.05, 3.63) is 70.3 Å². The summed E-state index contributed by atoms with van der Waals surface area (Å²) < 4.78 is 10.6. The predicted octanol–water partition coefficient (Wildman–Crippen LogP) is 2.95. The number of benzene rings is 2. The van der Waals surface area contributed by atoms with Gasteiger partial charge in [0.25, 0.3) is 0 Å². The van der Waals surface area contributed by atoms with Crippen molar-refractivity contribution in [2.75, 3.05) is 13.7 Å². The van der Waals surface area contributed by atoms with E-state index in [9.17, 15) is 0 Å². The Kier molecular flexibility index (Phi) is 4.34. The van der Waals surface area contributed by atoms with Crippen molar-refractivity contribution in [1.82, 2.24) is 0 Å². The van der Waals surface area contributed by atoms with Crippen LogP contribution in [0.3, 0.4) is 0 Å². The fraction of sp³-hybridized carbons (Fsp3) is 0.333. The molecule has 1 atom stereocenters. The molecule has 110 valence electrons. The topological polar surface area (TPSA) is 44.5 Å². The summed E-state index contributed by atoms with van der Waals surface area (Å²) in [7, 11) is 1.72. The van der Waals surface area contributed by atoms with Gasteiger partial charge in [-0.05, 0) is 34.2 Å². The largest absolute Gasteiger partial charge is 0.384 e. The third-order valence-corrected chi connectivity index (χ3v) is 4.04. The van der Waals surface area contributed by atoms with Crippen LogP contribution in [0.5, 0.6) is 0 Å². The SMILES string of the molecule is COCCc1ccc(C(N)c2ccc3c(c2)COC3)cc1. The second-order valence-electron chi connectivity index (χ2n) is 5.48. The van der Waals surface area contributed by atoms with Crippen LogP contribution in [0, 0.1) is 0 Å². The van der Waals surface area contributed by atoms with Gasteiger partial charge in [0.1, 0.15) is 0 Å². The zero-order valence-corrected chi connectivity index (χ0v) is 12.3. The van der Waals surface area contributed by atoms with E-state index in [0.29, 0.717) is 6.61 Å². The Hall–Kier alpha value is -1.68. The average Bonchev–Trinajstić information content (AvgIpc) is 3.00. The van der Waals surface area contributed by atoms with Crippen LogP contribution >= 0.6 is 0 Å². The molecule has 0 bridgehead atoms. The fourth-order valence-electron chi connectivity index (χ4n) is 2.69. The molecular formula is C18H21NO2. The lowest BCUT2D eigenvalue weighted by Crippen LogP contribution is -2.12. The lowest BCUT2D eigenvalue weighted by Gasteiger charge is -2.14. The minimum Gasteiger partial charge on any atom is -0.384 e. The lowest BCUT2D eigenvalue weighted by atomic mass is 9.95. The number of methoxy groups -OCH3 is 1. The van der Waals surface area contributed by atoms with Gasteiger partial charge in [0.2, 0.25) is 0 Å². The number of fused-ring (bicyclic) bond motifs is 1. The Balaban J connectivity index is 1.76. The van der Waals surface area contributed by atoms with E-state index >= 15 is 0 Å². The number of rotatable bonds is 5. The first-order valence-corrected chi connectivity index (χ1v) is 7.31. The van der Waals surface area contributed by atoms with E-state index in [4.69, 9.17) is 15.2 Å². The Morgan fingerprint density at radius 2 is 1.76 bits per heavy atom. The summed E-state index contributed by atoms with van der Waals surface area (Å²) in [4.78, 5) is 0. The highest BCUT2D eigenvalue weighted by Gasteiger charge is 2.15. The monoisotopic (exact) mass is 283 g/mol. The normalized spacial score (nSPS) is 15.0. The molecular weight excluding hydrogens is 262 g/mol. The maximum atomic E-state index is 6.40. The third kappa shape index (κ3) is 3.16. The number of hydrogen-bond acceptors (Lipinski definition) is 3. The fourth-order valence-corrected chi connectivity index (χ4v) is 2.69. The van der Waals surface area contributed by atoms with Gasteiger partial charge in [-0.3, -0.25) is 0 Å². The van der Waals surface area contributed by atoms with Crippen LogP contribution in [-0.2, 0) is 29.1 Å². The van der Waals surface area contributed by atoms with Gasteiger partial charge in [-0.2, -0.15) is 0 Å². The molecule has 0 saturated heterocycles. The van der Waals surface area contributed by atoms with Crippen molar-refractivity contribution < 1.29 is 9.47 Å². The van der Waals surface area contributed by atoms with Crippen LogP contribution < -0.4 is 5.73 Å². The van der Waals surface area contributed by atoms with E-state index in [1.807, 2.05) is 0 Å². The molecule has 0 fully saturated rings. The van der Waals surface area contributed by atoms with Crippen molar-refractivity contribution in [3.8, 4) is 0 Å². The number of nitrogens with two attached hydrogens (primary N) is 1. The summed E-state index contributed by atoms with van der Waals surface area (Å²) in [5, 5.41) is 0. The maximum Gasteiger partial charge on any atom is 0.0725 e. The molecule has 0 amide bonds. The standard InChI is InChI=1S/C18H21NO2/c1-20-9-8-13-2-4-14(5-3-13)18(19)15-6-7-16-11-21-12-17(16)10-15/h2-7,10,18H,8-9,11-12,19H2,1H3. The van der Waals surface area contributed by atoms with E-state index < -0.39 is 0 Å². The Morgan fingerprint density at radius 3 is 2.52 bits per heavy atom. The predicted molar refractivity (Wildman–Crippen MR) is 83.0 cm³/mol. The molecule has 1 aliphatic heterocycles. The number of ether oxygens (including phenoxy) is 2. The van der Waals surface area contributed by atoms with Gasteiger partial charge in [0.05, 0.1) is 25.9 Å². The summed E-state index contributed by atoms with van der Waals surface area (Å²) in [5.74, 6) is 0. The van der Waals surface area contributed by atoms with Gasteiger partial charge >= 0.3 is 0 Å². The minimum atomic E-state index is -0.0904. The van der Waals surface area contributed by atoms with E-state index in [0.717, 1.165) is 30.8 Å². The summed E-state index contributed by atoms with van der Waals surface area (Å²) >= 11 is 0. The zero-order valence-electron chi connectivity index (χ0n) is 12.3. The molecule has 2 aromatic carbocycles. The molecule has 1 heterocycles. The molecule has 0 saturated carbocycles. The molecule has 0 aromatic heterocycles.